The molecule has 2 amide bonds. The first-order valence-electron chi connectivity index (χ1n) is 11.8. The molecule has 0 aromatic heterocycles. The number of likely N-dealkylation sites (tertiary alicyclic amines) is 1. The fourth-order valence-electron chi connectivity index (χ4n) is 5.11. The second kappa shape index (κ2) is 10.0. The summed E-state index contributed by atoms with van der Waals surface area (Å²) < 4.78 is 10.7. The number of esters is 1. The number of nitrogens with zero attached hydrogens (tertiary/aromatic N) is 1. The largest absolute Gasteiger partial charge is 0.464 e. The molecule has 2 fully saturated rings. The Labute approximate surface area is 189 Å². The Bertz CT molecular complexity index is 857. The molecule has 2 N–H and O–H groups in total. The van der Waals surface area contributed by atoms with E-state index in [1.165, 1.54) is 6.42 Å². The molecule has 3 aliphatic heterocycles. The number of nitrogens with one attached hydrogen (secondary N) is 2. The van der Waals surface area contributed by atoms with E-state index in [4.69, 9.17) is 9.47 Å². The van der Waals surface area contributed by atoms with Crippen molar-refractivity contribution >= 4 is 29.2 Å². The maximum atomic E-state index is 13.2. The lowest BCUT2D eigenvalue weighted by Gasteiger charge is -2.31. The van der Waals surface area contributed by atoms with E-state index < -0.39 is 23.3 Å². The van der Waals surface area contributed by atoms with Crippen LogP contribution < -0.4 is 10.6 Å². The number of amides is 2. The molecule has 0 aliphatic carbocycles. The minimum absolute atomic E-state index is 0.00990. The van der Waals surface area contributed by atoms with E-state index in [0.717, 1.165) is 31.2 Å². The molecular weight excluding hydrogens is 410 g/mol. The van der Waals surface area contributed by atoms with Crippen molar-refractivity contribution in [3.63, 3.8) is 0 Å². The predicted octanol–water partition coefficient (Wildman–Crippen LogP) is 2.82. The number of ether oxygens (including phenoxy) is 2. The van der Waals surface area contributed by atoms with Crippen LogP contribution >= 0.6 is 0 Å². The lowest BCUT2D eigenvalue weighted by Crippen LogP contribution is -2.51. The maximum Gasteiger partial charge on any atom is 0.333 e. The first-order valence-corrected chi connectivity index (χ1v) is 11.8. The van der Waals surface area contributed by atoms with Gasteiger partial charge in [-0.15, -0.1) is 0 Å². The fourth-order valence-corrected chi connectivity index (χ4v) is 5.11. The van der Waals surface area contributed by atoms with Crippen LogP contribution in [0.2, 0.25) is 0 Å². The van der Waals surface area contributed by atoms with Gasteiger partial charge in [0, 0.05) is 24.6 Å². The van der Waals surface area contributed by atoms with Crippen molar-refractivity contribution in [1.82, 2.24) is 4.90 Å². The van der Waals surface area contributed by atoms with Crippen LogP contribution in [-0.2, 0) is 29.3 Å². The van der Waals surface area contributed by atoms with Gasteiger partial charge in [-0.1, -0.05) is 25.3 Å². The standard InChI is InChI=1S/C24H33N3O5/c1-2-32-22(29)20(27-12-6-4-3-5-7-13-27)21(28)25-17-8-9-18-19(16-17)26-23(30)24(18)10-14-31-15-11-24/h8-9,16,20H,2-7,10-15H2,1H3,(H,25,28)(H,26,30). The summed E-state index contributed by atoms with van der Waals surface area (Å²) in [6.07, 6.45) is 6.61. The highest BCUT2D eigenvalue weighted by Gasteiger charge is 2.47. The van der Waals surface area contributed by atoms with E-state index in [1.54, 1.807) is 13.0 Å². The summed E-state index contributed by atoms with van der Waals surface area (Å²) >= 11 is 0. The minimum Gasteiger partial charge on any atom is -0.464 e. The van der Waals surface area contributed by atoms with E-state index in [0.29, 0.717) is 50.5 Å². The molecule has 2 saturated heterocycles. The molecule has 8 heteroatoms. The Balaban J connectivity index is 1.52. The average Bonchev–Trinajstić information content (AvgIpc) is 3.01. The zero-order valence-electron chi connectivity index (χ0n) is 18.8. The van der Waals surface area contributed by atoms with E-state index in [2.05, 4.69) is 10.6 Å². The quantitative estimate of drug-likeness (QED) is 0.537. The van der Waals surface area contributed by atoms with Crippen molar-refractivity contribution in [2.45, 2.75) is 63.3 Å². The number of carbonyl (C=O) groups excluding carboxylic acids is 3. The zero-order chi connectivity index (χ0) is 22.6. The second-order valence-corrected chi connectivity index (χ2v) is 8.86. The Hall–Kier alpha value is -2.45. The van der Waals surface area contributed by atoms with Gasteiger partial charge in [0.1, 0.15) is 0 Å². The molecule has 174 valence electrons. The number of benzene rings is 1. The van der Waals surface area contributed by atoms with E-state index in [-0.39, 0.29) is 12.5 Å². The first kappa shape index (κ1) is 22.7. The highest BCUT2D eigenvalue weighted by atomic mass is 16.5. The van der Waals surface area contributed by atoms with Gasteiger partial charge in [0.15, 0.2) is 6.04 Å². The van der Waals surface area contributed by atoms with Crippen LogP contribution in [0, 0.1) is 0 Å². The van der Waals surface area contributed by atoms with Gasteiger partial charge in [-0.05, 0) is 63.4 Å². The van der Waals surface area contributed by atoms with Crippen molar-refractivity contribution in [3.8, 4) is 0 Å². The number of fused-ring (bicyclic) bond motifs is 2. The van der Waals surface area contributed by atoms with Gasteiger partial charge in [0.2, 0.25) is 5.91 Å². The smallest absolute Gasteiger partial charge is 0.333 e. The monoisotopic (exact) mass is 443 g/mol. The molecule has 8 nitrogen and oxygen atoms in total. The van der Waals surface area contributed by atoms with Crippen LogP contribution in [0.4, 0.5) is 11.4 Å². The van der Waals surface area contributed by atoms with Crippen molar-refractivity contribution < 1.29 is 23.9 Å². The maximum absolute atomic E-state index is 13.2. The van der Waals surface area contributed by atoms with Crippen LogP contribution in [0.1, 0.15) is 57.4 Å². The van der Waals surface area contributed by atoms with Crippen LogP contribution in [0.3, 0.4) is 0 Å². The molecule has 1 atom stereocenters. The second-order valence-electron chi connectivity index (χ2n) is 8.86. The number of hydrogen-bond acceptors (Lipinski definition) is 6. The van der Waals surface area contributed by atoms with Gasteiger partial charge in [-0.3, -0.25) is 14.5 Å². The summed E-state index contributed by atoms with van der Waals surface area (Å²) in [7, 11) is 0. The molecule has 0 radical (unpaired) electrons. The lowest BCUT2D eigenvalue weighted by atomic mass is 9.75. The van der Waals surface area contributed by atoms with Crippen molar-refractivity contribution in [2.75, 3.05) is 43.5 Å². The molecule has 1 spiro atoms. The molecule has 0 saturated carbocycles. The van der Waals surface area contributed by atoms with E-state index in [1.807, 2.05) is 17.0 Å². The Morgan fingerprint density at radius 2 is 1.84 bits per heavy atom. The molecule has 1 aromatic rings. The molecular formula is C24H33N3O5. The average molecular weight is 444 g/mol. The molecule has 3 aliphatic rings. The van der Waals surface area contributed by atoms with Gasteiger partial charge in [-0.2, -0.15) is 0 Å². The summed E-state index contributed by atoms with van der Waals surface area (Å²) in [6.45, 7) is 4.48. The van der Waals surface area contributed by atoms with Crippen LogP contribution in [0.5, 0.6) is 0 Å². The highest BCUT2D eigenvalue weighted by molar-refractivity contribution is 6.10. The summed E-state index contributed by atoms with van der Waals surface area (Å²) in [4.78, 5) is 40.6. The lowest BCUT2D eigenvalue weighted by molar-refractivity contribution is -0.152. The predicted molar refractivity (Wildman–Crippen MR) is 121 cm³/mol. The first-order chi connectivity index (χ1) is 15.5. The van der Waals surface area contributed by atoms with Crippen LogP contribution in [-0.4, -0.2) is 61.6 Å². The molecule has 0 bridgehead atoms. The summed E-state index contributed by atoms with van der Waals surface area (Å²) in [5, 5.41) is 5.87. The topological polar surface area (TPSA) is 97.0 Å². The third-order valence-corrected chi connectivity index (χ3v) is 6.85. The van der Waals surface area contributed by atoms with Gasteiger partial charge >= 0.3 is 5.97 Å². The zero-order valence-corrected chi connectivity index (χ0v) is 18.8. The molecule has 4 rings (SSSR count). The Kier molecular flexibility index (Phi) is 7.10. The Morgan fingerprint density at radius 1 is 1.16 bits per heavy atom. The normalized spacial score (nSPS) is 21.7. The number of hydrogen-bond donors (Lipinski definition) is 2. The van der Waals surface area contributed by atoms with E-state index >= 15 is 0 Å². The molecule has 1 unspecified atom stereocenters. The highest BCUT2D eigenvalue weighted by Crippen LogP contribution is 2.45. The number of carbonyl (C=O) groups is 3. The van der Waals surface area contributed by atoms with Gasteiger partial charge < -0.3 is 20.1 Å². The molecule has 32 heavy (non-hydrogen) atoms. The molecule has 1 aromatic carbocycles. The number of rotatable bonds is 5. The molecule has 3 heterocycles. The fraction of sp³-hybridized carbons (Fsp3) is 0.625. The van der Waals surface area contributed by atoms with Gasteiger partial charge in [0.25, 0.3) is 5.91 Å². The van der Waals surface area contributed by atoms with Crippen LogP contribution in [0.25, 0.3) is 0 Å². The third-order valence-electron chi connectivity index (χ3n) is 6.85. The SMILES string of the molecule is CCOC(=O)C(C(=O)Nc1ccc2c(c1)NC(=O)C21CCOCC1)N1CCCCCCC1. The van der Waals surface area contributed by atoms with Crippen molar-refractivity contribution in [1.29, 1.82) is 0 Å². The van der Waals surface area contributed by atoms with Crippen LogP contribution in [0.15, 0.2) is 18.2 Å². The van der Waals surface area contributed by atoms with Crippen molar-refractivity contribution in [2.24, 2.45) is 0 Å². The van der Waals surface area contributed by atoms with Gasteiger partial charge in [0.05, 0.1) is 12.0 Å². The minimum atomic E-state index is -0.974. The van der Waals surface area contributed by atoms with Gasteiger partial charge in [-0.25, -0.2) is 4.79 Å². The summed E-state index contributed by atoms with van der Waals surface area (Å²) in [6, 6.07) is 4.52. The number of anilines is 2. The van der Waals surface area contributed by atoms with E-state index in [9.17, 15) is 14.4 Å². The summed E-state index contributed by atoms with van der Waals surface area (Å²) in [5.41, 5.74) is 1.68. The van der Waals surface area contributed by atoms with Crippen molar-refractivity contribution in [3.05, 3.63) is 23.8 Å². The Morgan fingerprint density at radius 3 is 2.53 bits per heavy atom. The third kappa shape index (κ3) is 4.52. The summed E-state index contributed by atoms with van der Waals surface area (Å²) in [5.74, 6) is -0.917.